The van der Waals surface area contributed by atoms with E-state index < -0.39 is 10.0 Å². The Kier molecular flexibility index (Phi) is 6.92. The minimum Gasteiger partial charge on any atom is -0.385 e. The van der Waals surface area contributed by atoms with E-state index in [1.807, 2.05) is 24.3 Å². The average molecular weight is 416 g/mol. The van der Waals surface area contributed by atoms with E-state index in [1.165, 1.54) is 37.8 Å². The van der Waals surface area contributed by atoms with Crippen molar-refractivity contribution in [1.82, 2.24) is 4.72 Å². The molecule has 2 aromatic rings. The lowest BCUT2D eigenvalue weighted by molar-refractivity contribution is 0.102. The number of rotatable bonds is 8. The van der Waals surface area contributed by atoms with Crippen LogP contribution in [0.2, 0.25) is 0 Å². The van der Waals surface area contributed by atoms with E-state index in [0.717, 1.165) is 18.2 Å². The maximum atomic E-state index is 12.7. The highest BCUT2D eigenvalue weighted by atomic mass is 32.2. The van der Waals surface area contributed by atoms with Crippen molar-refractivity contribution < 1.29 is 13.2 Å². The second-order valence-electron chi connectivity index (χ2n) is 7.54. The fourth-order valence-corrected chi connectivity index (χ4v) is 4.70. The molecule has 2 aromatic carbocycles. The van der Waals surface area contributed by atoms with Crippen molar-refractivity contribution in [1.29, 1.82) is 0 Å². The molecule has 0 atom stereocenters. The maximum absolute atomic E-state index is 12.7. The maximum Gasteiger partial charge on any atom is 0.255 e. The Morgan fingerprint density at radius 2 is 1.69 bits per heavy atom. The molecule has 156 valence electrons. The van der Waals surface area contributed by atoms with E-state index in [-0.39, 0.29) is 10.8 Å². The fraction of sp³-hybridized carbons (Fsp3) is 0.409. The van der Waals surface area contributed by atoms with Crippen molar-refractivity contribution in [2.24, 2.45) is 5.92 Å². The van der Waals surface area contributed by atoms with Crippen LogP contribution < -0.4 is 15.4 Å². The second-order valence-corrected chi connectivity index (χ2v) is 9.31. The van der Waals surface area contributed by atoms with Crippen molar-refractivity contribution >= 4 is 27.3 Å². The van der Waals surface area contributed by atoms with Crippen LogP contribution in [-0.4, -0.2) is 27.4 Å². The van der Waals surface area contributed by atoms with E-state index in [0.29, 0.717) is 23.4 Å². The lowest BCUT2D eigenvalue weighted by Crippen LogP contribution is -2.24. The molecule has 0 spiro atoms. The molecule has 0 heterocycles. The summed E-state index contributed by atoms with van der Waals surface area (Å²) in [4.78, 5) is 12.8. The molecule has 3 N–H and O–H groups in total. The number of anilines is 2. The van der Waals surface area contributed by atoms with Gasteiger partial charge in [-0.1, -0.05) is 25.8 Å². The van der Waals surface area contributed by atoms with Crippen LogP contribution in [0.3, 0.4) is 0 Å². The number of aryl methyl sites for hydroxylation is 1. The van der Waals surface area contributed by atoms with Gasteiger partial charge in [-0.25, -0.2) is 13.1 Å². The predicted molar refractivity (Wildman–Crippen MR) is 117 cm³/mol. The Hall–Kier alpha value is -2.38. The van der Waals surface area contributed by atoms with Crippen LogP contribution in [0.1, 0.15) is 48.5 Å². The molecule has 29 heavy (non-hydrogen) atoms. The van der Waals surface area contributed by atoms with Crippen molar-refractivity contribution in [2.75, 3.05) is 23.7 Å². The van der Waals surface area contributed by atoms with E-state index in [4.69, 9.17) is 0 Å². The Morgan fingerprint density at radius 3 is 2.34 bits per heavy atom. The van der Waals surface area contributed by atoms with Crippen LogP contribution >= 0.6 is 0 Å². The van der Waals surface area contributed by atoms with Crippen molar-refractivity contribution in [3.63, 3.8) is 0 Å². The molecule has 3 rings (SSSR count). The molecule has 0 unspecified atom stereocenters. The zero-order valence-electron chi connectivity index (χ0n) is 17.0. The van der Waals surface area contributed by atoms with Crippen molar-refractivity contribution in [3.8, 4) is 0 Å². The number of sulfonamides is 1. The van der Waals surface area contributed by atoms with Gasteiger partial charge < -0.3 is 10.6 Å². The number of hydrogen-bond acceptors (Lipinski definition) is 4. The highest BCUT2D eigenvalue weighted by molar-refractivity contribution is 7.89. The summed E-state index contributed by atoms with van der Waals surface area (Å²) in [5.41, 5.74) is 2.76. The van der Waals surface area contributed by atoms with E-state index in [1.54, 1.807) is 19.9 Å². The third kappa shape index (κ3) is 5.58. The summed E-state index contributed by atoms with van der Waals surface area (Å²) in [6.07, 6.45) is 5.24. The summed E-state index contributed by atoms with van der Waals surface area (Å²) in [5, 5.41) is 6.31. The second kappa shape index (κ2) is 9.41. The quantitative estimate of drug-likeness (QED) is 0.604. The Bertz CT molecular complexity index is 950. The molecule has 0 aliphatic heterocycles. The first-order valence-corrected chi connectivity index (χ1v) is 11.6. The Balaban J connectivity index is 1.66. The number of carbonyl (C=O) groups excluding carboxylic acids is 1. The van der Waals surface area contributed by atoms with Gasteiger partial charge in [-0.3, -0.25) is 4.79 Å². The number of hydrogen-bond donors (Lipinski definition) is 3. The smallest absolute Gasteiger partial charge is 0.255 e. The van der Waals surface area contributed by atoms with Crippen molar-refractivity contribution in [2.45, 2.75) is 44.4 Å². The SMILES string of the molecule is CCNS(=O)(=O)c1ccc(C)c(C(=O)Nc2ccc(NCC3CCCC3)cc2)c1. The molecule has 6 nitrogen and oxygen atoms in total. The summed E-state index contributed by atoms with van der Waals surface area (Å²) in [5.74, 6) is 0.422. The van der Waals surface area contributed by atoms with E-state index in [9.17, 15) is 13.2 Å². The first kappa shape index (κ1) is 21.3. The topological polar surface area (TPSA) is 87.3 Å². The van der Waals surface area contributed by atoms with E-state index >= 15 is 0 Å². The summed E-state index contributed by atoms with van der Waals surface area (Å²) in [7, 11) is -3.61. The molecule has 0 aromatic heterocycles. The molecule has 1 aliphatic rings. The van der Waals surface area contributed by atoms with E-state index in [2.05, 4.69) is 15.4 Å². The van der Waals surface area contributed by atoms with Crippen LogP contribution in [0.4, 0.5) is 11.4 Å². The zero-order valence-corrected chi connectivity index (χ0v) is 17.8. The fourth-order valence-electron chi connectivity index (χ4n) is 3.63. The molecular weight excluding hydrogens is 386 g/mol. The van der Waals surface area contributed by atoms with Gasteiger partial charge in [0.05, 0.1) is 4.90 Å². The Labute approximate surface area is 173 Å². The molecule has 0 saturated heterocycles. The summed E-state index contributed by atoms with van der Waals surface area (Å²) < 4.78 is 26.9. The summed E-state index contributed by atoms with van der Waals surface area (Å²) in [6.45, 7) is 4.77. The zero-order chi connectivity index (χ0) is 20.9. The molecule has 0 bridgehead atoms. The van der Waals surface area contributed by atoms with Crippen LogP contribution in [0.25, 0.3) is 0 Å². The van der Waals surface area contributed by atoms with Gasteiger partial charge in [-0.15, -0.1) is 0 Å². The molecule has 0 radical (unpaired) electrons. The molecule has 1 aliphatic carbocycles. The van der Waals surface area contributed by atoms with Gasteiger partial charge in [0.15, 0.2) is 0 Å². The minimum absolute atomic E-state index is 0.0848. The number of amides is 1. The largest absolute Gasteiger partial charge is 0.385 e. The monoisotopic (exact) mass is 415 g/mol. The Morgan fingerprint density at radius 1 is 1.03 bits per heavy atom. The predicted octanol–water partition coefficient (Wildman–Crippen LogP) is 4.15. The van der Waals surface area contributed by atoms with Crippen LogP contribution in [0, 0.1) is 12.8 Å². The van der Waals surface area contributed by atoms with Crippen molar-refractivity contribution in [3.05, 3.63) is 53.6 Å². The van der Waals surface area contributed by atoms with Crippen LogP contribution in [0.15, 0.2) is 47.4 Å². The van der Waals surface area contributed by atoms with Crippen LogP contribution in [-0.2, 0) is 10.0 Å². The van der Waals surface area contributed by atoms with Gasteiger partial charge >= 0.3 is 0 Å². The number of carbonyl (C=O) groups is 1. The van der Waals surface area contributed by atoms with Crippen LogP contribution in [0.5, 0.6) is 0 Å². The lowest BCUT2D eigenvalue weighted by Gasteiger charge is -2.13. The van der Waals surface area contributed by atoms with Gasteiger partial charge in [0.1, 0.15) is 0 Å². The molecule has 1 fully saturated rings. The minimum atomic E-state index is -3.61. The van der Waals surface area contributed by atoms with Gasteiger partial charge in [-0.2, -0.15) is 0 Å². The van der Waals surface area contributed by atoms with Gasteiger partial charge in [0.2, 0.25) is 10.0 Å². The highest BCUT2D eigenvalue weighted by Crippen LogP contribution is 2.25. The normalized spacial score (nSPS) is 14.7. The van der Waals surface area contributed by atoms with Gasteiger partial charge in [0.25, 0.3) is 5.91 Å². The molecular formula is C22H29N3O3S. The summed E-state index contributed by atoms with van der Waals surface area (Å²) in [6, 6.07) is 12.2. The molecule has 1 amide bonds. The average Bonchev–Trinajstić information content (AvgIpc) is 3.21. The summed E-state index contributed by atoms with van der Waals surface area (Å²) >= 11 is 0. The first-order chi connectivity index (χ1) is 13.9. The standard InChI is InChI=1S/C22H29N3O3S/c1-3-24-29(27,28)20-13-8-16(2)21(14-20)22(26)25-19-11-9-18(10-12-19)23-15-17-6-4-5-7-17/h8-14,17,23-24H,3-7,15H2,1-2H3,(H,25,26). The van der Waals surface area contributed by atoms with Gasteiger partial charge in [0, 0.05) is 30.0 Å². The molecule has 1 saturated carbocycles. The third-order valence-corrected chi connectivity index (χ3v) is 6.85. The number of benzene rings is 2. The highest BCUT2D eigenvalue weighted by Gasteiger charge is 2.18. The lowest BCUT2D eigenvalue weighted by atomic mass is 10.1. The third-order valence-electron chi connectivity index (χ3n) is 5.31. The van der Waals surface area contributed by atoms with Gasteiger partial charge in [-0.05, 0) is 67.6 Å². The number of nitrogens with one attached hydrogen (secondary N) is 3. The first-order valence-electron chi connectivity index (χ1n) is 10.1. The molecule has 7 heteroatoms.